The average Bonchev–Trinajstić information content (AvgIpc) is 2.68. The number of rotatable bonds is 10. The summed E-state index contributed by atoms with van der Waals surface area (Å²) in [7, 11) is -1.84. The van der Waals surface area contributed by atoms with Gasteiger partial charge in [-0.15, -0.1) is 0 Å². The molecule has 0 aliphatic carbocycles. The molecule has 9 heteroatoms. The number of sulfonamides is 1. The van der Waals surface area contributed by atoms with E-state index in [1.54, 1.807) is 43.0 Å². The van der Waals surface area contributed by atoms with Gasteiger partial charge in [-0.2, -0.15) is 11.8 Å². The van der Waals surface area contributed by atoms with Crippen molar-refractivity contribution in [2.45, 2.75) is 18.8 Å². The van der Waals surface area contributed by atoms with Crippen LogP contribution in [0.1, 0.15) is 12.5 Å². The molecule has 0 fully saturated rings. The van der Waals surface area contributed by atoms with E-state index in [1.165, 1.54) is 16.9 Å². The van der Waals surface area contributed by atoms with Crippen molar-refractivity contribution < 1.29 is 17.9 Å². The molecule has 0 radical (unpaired) electrons. The number of benzene rings is 2. The molecule has 0 aromatic heterocycles. The van der Waals surface area contributed by atoms with Gasteiger partial charge in [-0.25, -0.2) is 8.42 Å². The molecule has 1 atom stereocenters. The Kier molecular flexibility index (Phi) is 8.67. The van der Waals surface area contributed by atoms with Crippen molar-refractivity contribution in [3.63, 3.8) is 0 Å². The van der Waals surface area contributed by atoms with E-state index in [-0.39, 0.29) is 5.91 Å². The molecule has 1 N–H and O–H groups in total. The number of nitrogens with one attached hydrogen (secondary N) is 1. The van der Waals surface area contributed by atoms with E-state index in [4.69, 9.17) is 16.3 Å². The lowest BCUT2D eigenvalue weighted by Gasteiger charge is -2.18. The van der Waals surface area contributed by atoms with Crippen molar-refractivity contribution in [1.82, 2.24) is 5.32 Å². The van der Waals surface area contributed by atoms with Gasteiger partial charge in [0, 0.05) is 30.1 Å². The third-order valence-electron chi connectivity index (χ3n) is 4.11. The summed E-state index contributed by atoms with van der Waals surface area (Å²) < 4.78 is 29.9. The second-order valence-corrected chi connectivity index (χ2v) is 10.0. The van der Waals surface area contributed by atoms with Crippen LogP contribution in [0.15, 0.2) is 48.5 Å². The Labute approximate surface area is 181 Å². The summed E-state index contributed by atoms with van der Waals surface area (Å²) in [5.74, 6) is 1.94. The number of carbonyl (C=O) groups excluding carboxylic acids is 1. The van der Waals surface area contributed by atoms with Crippen LogP contribution in [0.3, 0.4) is 0 Å². The number of hydrogen-bond donors (Lipinski definition) is 1. The molecule has 0 spiro atoms. The number of anilines is 1. The highest BCUT2D eigenvalue weighted by Crippen LogP contribution is 2.21. The summed E-state index contributed by atoms with van der Waals surface area (Å²) in [4.78, 5) is 12.2. The number of amides is 1. The van der Waals surface area contributed by atoms with Crippen LogP contribution in [0.25, 0.3) is 0 Å². The molecule has 2 rings (SSSR count). The molecular formula is C20H25ClN2O4S2. The average molecular weight is 457 g/mol. The fourth-order valence-electron chi connectivity index (χ4n) is 2.34. The monoisotopic (exact) mass is 456 g/mol. The Morgan fingerprint density at radius 1 is 1.17 bits per heavy atom. The van der Waals surface area contributed by atoms with Crippen LogP contribution in [0.2, 0.25) is 5.02 Å². The summed E-state index contributed by atoms with van der Waals surface area (Å²) in [6.45, 7) is 2.22. The number of halogens is 1. The van der Waals surface area contributed by atoms with E-state index >= 15 is 0 Å². The first-order valence-electron chi connectivity index (χ1n) is 8.97. The highest BCUT2D eigenvalue weighted by Gasteiger charge is 2.15. The lowest BCUT2D eigenvalue weighted by Crippen LogP contribution is -2.37. The van der Waals surface area contributed by atoms with E-state index in [1.807, 2.05) is 24.3 Å². The molecule has 29 heavy (non-hydrogen) atoms. The first-order chi connectivity index (χ1) is 13.7. The molecule has 0 aliphatic heterocycles. The van der Waals surface area contributed by atoms with E-state index < -0.39 is 16.1 Å². The van der Waals surface area contributed by atoms with Crippen LogP contribution >= 0.6 is 23.4 Å². The summed E-state index contributed by atoms with van der Waals surface area (Å²) in [5, 5.41) is 3.57. The maximum Gasteiger partial charge on any atom is 0.260 e. The van der Waals surface area contributed by atoms with Gasteiger partial charge in [0.2, 0.25) is 10.0 Å². The zero-order chi connectivity index (χ0) is 21.4. The largest absolute Gasteiger partial charge is 0.481 e. The second kappa shape index (κ2) is 10.8. The molecule has 158 valence electrons. The molecule has 1 amide bonds. The summed E-state index contributed by atoms with van der Waals surface area (Å²) in [6.07, 6.45) is 0.479. The molecule has 6 nitrogen and oxygen atoms in total. The Morgan fingerprint density at radius 2 is 1.79 bits per heavy atom. The molecule has 0 unspecified atom stereocenters. The summed E-state index contributed by atoms with van der Waals surface area (Å²) >= 11 is 7.59. The van der Waals surface area contributed by atoms with Gasteiger partial charge in [0.25, 0.3) is 5.91 Å². The van der Waals surface area contributed by atoms with Gasteiger partial charge in [-0.3, -0.25) is 9.10 Å². The summed E-state index contributed by atoms with van der Waals surface area (Å²) in [6, 6.07) is 14.3. The van der Waals surface area contributed by atoms with Gasteiger partial charge in [-0.05, 0) is 48.9 Å². The van der Waals surface area contributed by atoms with Crippen molar-refractivity contribution in [2.75, 3.05) is 29.9 Å². The number of nitrogens with zero attached hydrogens (tertiary/aromatic N) is 1. The fourth-order valence-corrected chi connectivity index (χ4v) is 3.79. The molecule has 2 aromatic carbocycles. The Hall–Kier alpha value is -1.90. The van der Waals surface area contributed by atoms with Gasteiger partial charge in [0.1, 0.15) is 5.75 Å². The van der Waals surface area contributed by atoms with E-state index in [2.05, 4.69) is 5.32 Å². The topological polar surface area (TPSA) is 75.7 Å². The van der Waals surface area contributed by atoms with Gasteiger partial charge in [0.05, 0.1) is 11.9 Å². The van der Waals surface area contributed by atoms with Crippen LogP contribution < -0.4 is 14.4 Å². The quantitative estimate of drug-likeness (QED) is 0.553. The first-order valence-corrected chi connectivity index (χ1v) is 12.4. The van der Waals surface area contributed by atoms with Gasteiger partial charge in [0.15, 0.2) is 6.10 Å². The molecule has 0 heterocycles. The normalized spacial score (nSPS) is 12.3. The minimum atomic E-state index is -3.32. The number of carbonyl (C=O) groups is 1. The zero-order valence-corrected chi connectivity index (χ0v) is 19.0. The van der Waals surface area contributed by atoms with E-state index in [9.17, 15) is 13.2 Å². The lowest BCUT2D eigenvalue weighted by atomic mass is 10.2. The van der Waals surface area contributed by atoms with Crippen LogP contribution in [0.4, 0.5) is 5.69 Å². The predicted octanol–water partition coefficient (Wildman–Crippen LogP) is 3.55. The van der Waals surface area contributed by atoms with Crippen molar-refractivity contribution in [1.29, 1.82) is 0 Å². The molecule has 0 bridgehead atoms. The van der Waals surface area contributed by atoms with Crippen molar-refractivity contribution in [3.8, 4) is 5.75 Å². The molecule has 0 aliphatic rings. The predicted molar refractivity (Wildman–Crippen MR) is 120 cm³/mol. The standard InChI is InChI=1S/C20H25ClN2O4S2/c1-15(27-19-10-8-18(9-11-19)23(2)29(3,25)26)20(24)22-12-13-28-14-16-4-6-17(21)7-5-16/h4-11,15H,12-14H2,1-3H3,(H,22,24)/t15-/m0/s1. The maximum atomic E-state index is 12.2. The van der Waals surface area contributed by atoms with Crippen LogP contribution in [-0.2, 0) is 20.6 Å². The SMILES string of the molecule is C[C@H](Oc1ccc(N(C)S(C)(=O)=O)cc1)C(=O)NCCSCc1ccc(Cl)cc1. The number of hydrogen-bond acceptors (Lipinski definition) is 5. The smallest absolute Gasteiger partial charge is 0.260 e. The first kappa shape index (κ1) is 23.4. The summed E-state index contributed by atoms with van der Waals surface area (Å²) in [5.41, 5.74) is 1.71. The maximum absolute atomic E-state index is 12.2. The van der Waals surface area contributed by atoms with E-state index in [0.29, 0.717) is 18.0 Å². The number of thioether (sulfide) groups is 1. The van der Waals surface area contributed by atoms with Crippen LogP contribution in [0.5, 0.6) is 5.75 Å². The fraction of sp³-hybridized carbons (Fsp3) is 0.350. The van der Waals surface area contributed by atoms with Gasteiger partial charge in [-0.1, -0.05) is 23.7 Å². The highest BCUT2D eigenvalue weighted by atomic mass is 35.5. The molecule has 2 aromatic rings. The highest BCUT2D eigenvalue weighted by molar-refractivity contribution is 7.98. The van der Waals surface area contributed by atoms with Crippen molar-refractivity contribution in [3.05, 3.63) is 59.1 Å². The molecular weight excluding hydrogens is 432 g/mol. The third-order valence-corrected chi connectivity index (χ3v) is 6.60. The van der Waals surface area contributed by atoms with Gasteiger partial charge >= 0.3 is 0 Å². The minimum Gasteiger partial charge on any atom is -0.481 e. The Bertz CT molecular complexity index is 903. The Morgan fingerprint density at radius 3 is 2.38 bits per heavy atom. The molecule has 0 saturated carbocycles. The molecule has 0 saturated heterocycles. The third kappa shape index (κ3) is 7.79. The second-order valence-electron chi connectivity index (χ2n) is 6.45. The van der Waals surface area contributed by atoms with Crippen LogP contribution in [0, 0.1) is 0 Å². The Balaban J connectivity index is 1.72. The lowest BCUT2D eigenvalue weighted by molar-refractivity contribution is -0.127. The van der Waals surface area contributed by atoms with Crippen molar-refractivity contribution >= 4 is 45.0 Å². The van der Waals surface area contributed by atoms with E-state index in [0.717, 1.165) is 22.8 Å². The zero-order valence-electron chi connectivity index (χ0n) is 16.6. The number of ether oxygens (including phenoxy) is 1. The van der Waals surface area contributed by atoms with Gasteiger partial charge < -0.3 is 10.1 Å². The minimum absolute atomic E-state index is 0.200. The van der Waals surface area contributed by atoms with Crippen LogP contribution in [-0.4, -0.2) is 46.0 Å². The van der Waals surface area contributed by atoms with Crippen molar-refractivity contribution in [2.24, 2.45) is 0 Å².